The first-order valence-corrected chi connectivity index (χ1v) is 25.0. The number of nitrogens with zero attached hydrogens (tertiary/aromatic N) is 3. The number of alkyl carbamates (subject to hydrolysis) is 1. The number of carbonyl (C=O) groups excluding carboxylic acids is 5. The number of rotatable bonds is 20. The highest BCUT2D eigenvalue weighted by atomic mass is 32.2. The Morgan fingerprint density at radius 1 is 0.779 bits per heavy atom. The lowest BCUT2D eigenvalue weighted by atomic mass is 9.70. The van der Waals surface area contributed by atoms with Crippen LogP contribution < -0.4 is 21.3 Å². The maximum Gasteiger partial charge on any atom is 0.408 e. The Bertz CT molecular complexity index is 2180. The molecule has 4 atom stereocenters. The van der Waals surface area contributed by atoms with Crippen molar-refractivity contribution in [2.24, 2.45) is 11.3 Å². The molecule has 2 aliphatic heterocycles. The molecule has 6 amide bonds. The monoisotopic (exact) mass is 975 g/mol. The van der Waals surface area contributed by atoms with E-state index in [1.165, 1.54) is 0 Å². The standard InChI is InChI=1S/C48H71F2N7O10S/c1-32(2)26-36(53-40(59)37(27-33-18-12-10-13-19-33)54-41(60)38(28-34-20-14-11-15-21-34)57(44(63)64)45(3,4)5)39(58)52-35(22-16-17-24-51-43(62)67-46(6,7)8)42(61)55-25-23-47(48(49,50)31-55)29-56(30-47)68(9,65)66/h10-15,18-21,32,35-38H,16-17,22-31H2,1-9H3,(H,51,62)(H,52,58)(H,53,59)(H,54,60)(H,63,64)/t35-,36-,37-,38-/m1/s1. The molecule has 2 aromatic rings. The quantitative estimate of drug-likeness (QED) is 0.112. The van der Waals surface area contributed by atoms with E-state index in [9.17, 15) is 42.3 Å². The van der Waals surface area contributed by atoms with E-state index < -0.39 is 99.0 Å². The van der Waals surface area contributed by atoms with Gasteiger partial charge in [0.25, 0.3) is 5.92 Å². The van der Waals surface area contributed by atoms with E-state index in [1.54, 1.807) is 102 Å². The highest BCUT2D eigenvalue weighted by Gasteiger charge is 2.64. The zero-order chi connectivity index (χ0) is 50.8. The Morgan fingerprint density at radius 3 is 1.81 bits per heavy atom. The van der Waals surface area contributed by atoms with Gasteiger partial charge in [0.05, 0.1) is 18.2 Å². The molecule has 4 rings (SSSR count). The number of carboxylic acid groups (broad SMARTS) is 1. The van der Waals surface area contributed by atoms with Gasteiger partial charge in [-0.2, -0.15) is 0 Å². The maximum absolute atomic E-state index is 15.9. The SMILES string of the molecule is CC(C)C[C@@H](NC(=O)[C@@H](Cc1ccccc1)NC(=O)[C@@H](Cc1ccccc1)N(C(=O)O)C(C)(C)C)C(=O)N[C@H](CCCCNC(=O)OC(C)(C)C)C(=O)N1CCC2(CN(S(C)(=O)=O)C2)C(F)(F)C1. The van der Waals surface area contributed by atoms with Gasteiger partial charge >= 0.3 is 12.2 Å². The number of carbonyl (C=O) groups is 6. The number of ether oxygens (including phenoxy) is 1. The summed E-state index contributed by atoms with van der Waals surface area (Å²) in [5.74, 6) is -6.73. The van der Waals surface area contributed by atoms with Gasteiger partial charge in [0.2, 0.25) is 33.7 Å². The highest BCUT2D eigenvalue weighted by Crippen LogP contribution is 2.51. The summed E-state index contributed by atoms with van der Waals surface area (Å²) in [6.45, 7) is 12.0. The summed E-state index contributed by atoms with van der Waals surface area (Å²) in [5, 5.41) is 21.3. The molecule has 1 spiro atoms. The Labute approximate surface area is 399 Å². The minimum Gasteiger partial charge on any atom is -0.465 e. The van der Waals surface area contributed by atoms with Gasteiger partial charge in [-0.1, -0.05) is 74.5 Å². The van der Waals surface area contributed by atoms with E-state index in [0.717, 1.165) is 20.4 Å². The Balaban J connectivity index is 1.60. The van der Waals surface area contributed by atoms with Gasteiger partial charge in [0.15, 0.2) is 0 Å². The van der Waals surface area contributed by atoms with Crippen molar-refractivity contribution in [1.82, 2.24) is 35.4 Å². The Morgan fingerprint density at radius 2 is 1.31 bits per heavy atom. The van der Waals surface area contributed by atoms with E-state index in [-0.39, 0.29) is 70.6 Å². The number of piperidine rings is 1. The lowest BCUT2D eigenvalue weighted by Gasteiger charge is -2.56. The lowest BCUT2D eigenvalue weighted by Crippen LogP contribution is -2.71. The number of halogens is 2. The fourth-order valence-corrected chi connectivity index (χ4v) is 9.48. The summed E-state index contributed by atoms with van der Waals surface area (Å²) >= 11 is 0. The first-order chi connectivity index (χ1) is 31.5. The predicted octanol–water partition coefficient (Wildman–Crippen LogP) is 4.94. The van der Waals surface area contributed by atoms with Crippen LogP contribution in [0, 0.1) is 11.3 Å². The molecule has 0 bridgehead atoms. The van der Waals surface area contributed by atoms with Gasteiger partial charge in [0.1, 0.15) is 29.8 Å². The zero-order valence-corrected chi connectivity index (χ0v) is 41.6. The predicted molar refractivity (Wildman–Crippen MR) is 252 cm³/mol. The first-order valence-electron chi connectivity index (χ1n) is 23.1. The second kappa shape index (κ2) is 22.8. The van der Waals surface area contributed by atoms with Gasteiger partial charge in [-0.15, -0.1) is 0 Å². The van der Waals surface area contributed by atoms with Gasteiger partial charge in [-0.25, -0.2) is 31.1 Å². The van der Waals surface area contributed by atoms with Gasteiger partial charge in [-0.3, -0.25) is 24.1 Å². The molecular weight excluding hydrogens is 905 g/mol. The molecule has 2 fully saturated rings. The van der Waals surface area contributed by atoms with E-state index in [0.29, 0.717) is 17.5 Å². The smallest absolute Gasteiger partial charge is 0.408 e. The third kappa shape index (κ3) is 15.6. The summed E-state index contributed by atoms with van der Waals surface area (Å²) in [6.07, 6.45) is -0.650. The summed E-state index contributed by atoms with van der Waals surface area (Å²) in [6, 6.07) is 12.4. The van der Waals surface area contributed by atoms with Gasteiger partial charge < -0.3 is 36.0 Å². The summed E-state index contributed by atoms with van der Waals surface area (Å²) in [7, 11) is -3.70. The molecule has 2 aliphatic rings. The Hall–Kier alpha value is -5.37. The number of likely N-dealkylation sites (tertiary alicyclic amines) is 1. The molecular formula is C48H71F2N7O10S. The van der Waals surface area contributed by atoms with Crippen molar-refractivity contribution < 1.29 is 55.8 Å². The van der Waals surface area contributed by atoms with Crippen molar-refractivity contribution in [3.63, 3.8) is 0 Å². The van der Waals surface area contributed by atoms with Crippen molar-refractivity contribution >= 4 is 45.8 Å². The molecule has 5 N–H and O–H groups in total. The number of hydrogen-bond acceptors (Lipinski definition) is 9. The van der Waals surface area contributed by atoms with Crippen molar-refractivity contribution in [2.45, 2.75) is 142 Å². The largest absolute Gasteiger partial charge is 0.465 e. The number of benzene rings is 2. The van der Waals surface area contributed by atoms with Crippen LogP contribution in [0.2, 0.25) is 0 Å². The van der Waals surface area contributed by atoms with Crippen LogP contribution >= 0.6 is 0 Å². The van der Waals surface area contributed by atoms with Crippen LogP contribution in [0.25, 0.3) is 0 Å². The molecule has 2 aromatic carbocycles. The number of nitrogens with one attached hydrogen (secondary N) is 4. The molecule has 0 aromatic heterocycles. The molecule has 2 saturated heterocycles. The van der Waals surface area contributed by atoms with E-state index in [1.807, 2.05) is 13.8 Å². The van der Waals surface area contributed by atoms with Crippen LogP contribution in [0.5, 0.6) is 0 Å². The number of hydrogen-bond donors (Lipinski definition) is 5. The number of alkyl halides is 2. The average Bonchev–Trinajstić information content (AvgIpc) is 3.19. The van der Waals surface area contributed by atoms with Crippen LogP contribution in [0.15, 0.2) is 60.7 Å². The molecule has 17 nitrogen and oxygen atoms in total. The second-order valence-electron chi connectivity index (χ2n) is 20.5. The number of amides is 6. The number of sulfonamides is 1. The normalized spacial score (nSPS) is 17.7. The molecule has 0 saturated carbocycles. The van der Waals surface area contributed by atoms with E-state index >= 15 is 8.78 Å². The molecule has 0 radical (unpaired) electrons. The third-order valence-corrected chi connectivity index (χ3v) is 13.2. The van der Waals surface area contributed by atoms with E-state index in [4.69, 9.17) is 4.74 Å². The van der Waals surface area contributed by atoms with Crippen molar-refractivity contribution in [1.29, 1.82) is 0 Å². The summed E-state index contributed by atoms with van der Waals surface area (Å²) < 4.78 is 62.2. The molecule has 0 aliphatic carbocycles. The van der Waals surface area contributed by atoms with Crippen LogP contribution in [-0.4, -0.2) is 144 Å². The van der Waals surface area contributed by atoms with Crippen molar-refractivity contribution in [3.05, 3.63) is 71.8 Å². The average molecular weight is 976 g/mol. The first kappa shape index (κ1) is 55.2. The summed E-state index contributed by atoms with van der Waals surface area (Å²) in [5.41, 5.74) is -2.08. The third-order valence-electron chi connectivity index (χ3n) is 12.0. The zero-order valence-electron chi connectivity index (χ0n) is 40.8. The van der Waals surface area contributed by atoms with Crippen LogP contribution in [0.4, 0.5) is 18.4 Å². The molecule has 0 unspecified atom stereocenters. The summed E-state index contributed by atoms with van der Waals surface area (Å²) in [4.78, 5) is 84.6. The molecule has 68 heavy (non-hydrogen) atoms. The van der Waals surface area contributed by atoms with Gasteiger partial charge in [-0.05, 0) is 90.7 Å². The van der Waals surface area contributed by atoms with Crippen molar-refractivity contribution in [3.8, 4) is 0 Å². The molecule has 20 heteroatoms. The fourth-order valence-electron chi connectivity index (χ4n) is 8.52. The second-order valence-corrected chi connectivity index (χ2v) is 22.5. The fraction of sp³-hybridized carbons (Fsp3) is 0.625. The van der Waals surface area contributed by atoms with Crippen LogP contribution in [0.3, 0.4) is 0 Å². The lowest BCUT2D eigenvalue weighted by molar-refractivity contribution is -0.210. The molecule has 378 valence electrons. The maximum atomic E-state index is 15.9. The topological polar surface area (TPSA) is 224 Å². The molecule has 2 heterocycles. The Kier molecular flexibility index (Phi) is 18.5. The minimum absolute atomic E-state index is 0.0101. The van der Waals surface area contributed by atoms with Crippen LogP contribution in [-0.2, 0) is 46.8 Å². The van der Waals surface area contributed by atoms with Crippen molar-refractivity contribution in [2.75, 3.05) is 39.0 Å². The minimum atomic E-state index is -3.70. The van der Waals surface area contributed by atoms with E-state index in [2.05, 4.69) is 21.3 Å². The highest BCUT2D eigenvalue weighted by molar-refractivity contribution is 7.88. The van der Waals surface area contributed by atoms with Crippen LogP contribution in [0.1, 0.15) is 98.6 Å². The van der Waals surface area contributed by atoms with Gasteiger partial charge in [0, 0.05) is 44.6 Å². The number of unbranched alkanes of at least 4 members (excludes halogenated alkanes) is 1.